The van der Waals surface area contributed by atoms with Crippen molar-refractivity contribution in [2.45, 2.75) is 18.6 Å². The minimum absolute atomic E-state index is 0.435. The van der Waals surface area contributed by atoms with Crippen molar-refractivity contribution in [3.05, 3.63) is 29.8 Å². The van der Waals surface area contributed by atoms with Crippen LogP contribution in [0.1, 0.15) is 12.0 Å². The van der Waals surface area contributed by atoms with Crippen LogP contribution in [0, 0.1) is 0 Å². The van der Waals surface area contributed by atoms with Crippen molar-refractivity contribution in [2.24, 2.45) is 0 Å². The third-order valence-electron chi connectivity index (χ3n) is 3.11. The zero-order chi connectivity index (χ0) is 15.9. The van der Waals surface area contributed by atoms with Crippen LogP contribution in [0.2, 0.25) is 6.04 Å². The van der Waals surface area contributed by atoms with Gasteiger partial charge in [-0.25, -0.2) is 0 Å². The highest BCUT2D eigenvalue weighted by atomic mass is 28.4. The number of alkyl halides is 3. The summed E-state index contributed by atoms with van der Waals surface area (Å²) in [4.78, 5) is 0. The van der Waals surface area contributed by atoms with E-state index in [9.17, 15) is 13.2 Å². The molecule has 8 heteroatoms. The molecule has 0 amide bonds. The highest BCUT2D eigenvalue weighted by Crippen LogP contribution is 2.30. The van der Waals surface area contributed by atoms with Crippen LogP contribution in [0.25, 0.3) is 0 Å². The lowest BCUT2D eigenvalue weighted by Crippen LogP contribution is -2.42. The van der Waals surface area contributed by atoms with E-state index in [-0.39, 0.29) is 0 Å². The number of nitrogens with one attached hydrogen (secondary N) is 1. The highest BCUT2D eigenvalue weighted by molar-refractivity contribution is 6.60. The van der Waals surface area contributed by atoms with Crippen LogP contribution in [-0.4, -0.2) is 36.7 Å². The summed E-state index contributed by atoms with van der Waals surface area (Å²) in [7, 11) is 1.97. The summed E-state index contributed by atoms with van der Waals surface area (Å²) in [5, 5.41) is 2.96. The summed E-state index contributed by atoms with van der Waals surface area (Å²) in [6, 6.07) is 5.70. The Morgan fingerprint density at radius 3 is 2.24 bits per heavy atom. The van der Waals surface area contributed by atoms with Crippen molar-refractivity contribution < 1.29 is 26.4 Å². The average Bonchev–Trinajstić information content (AvgIpc) is 2.48. The van der Waals surface area contributed by atoms with Gasteiger partial charge < -0.3 is 18.6 Å². The molecule has 0 saturated carbocycles. The molecule has 0 aliphatic carbocycles. The SMILES string of the molecule is CO[Si](CCCNc1cccc(C(F)(F)F)c1)(OC)OC. The third kappa shape index (κ3) is 5.31. The Bertz CT molecular complexity index is 431. The Morgan fingerprint density at radius 2 is 1.71 bits per heavy atom. The lowest BCUT2D eigenvalue weighted by Gasteiger charge is -2.24. The van der Waals surface area contributed by atoms with E-state index in [1.54, 1.807) is 6.07 Å². The van der Waals surface area contributed by atoms with Gasteiger partial charge in [0.2, 0.25) is 0 Å². The van der Waals surface area contributed by atoms with Gasteiger partial charge in [0.05, 0.1) is 5.56 Å². The maximum Gasteiger partial charge on any atom is 0.500 e. The Labute approximate surface area is 123 Å². The largest absolute Gasteiger partial charge is 0.500 e. The number of halogens is 3. The van der Waals surface area contributed by atoms with Gasteiger partial charge >= 0.3 is 15.0 Å². The van der Waals surface area contributed by atoms with E-state index >= 15 is 0 Å². The highest BCUT2D eigenvalue weighted by Gasteiger charge is 2.36. The first-order valence-electron chi connectivity index (χ1n) is 6.43. The molecular weight excluding hydrogens is 303 g/mol. The first-order valence-corrected chi connectivity index (χ1v) is 8.36. The molecule has 0 aromatic heterocycles. The summed E-state index contributed by atoms with van der Waals surface area (Å²) >= 11 is 0. The standard InChI is InChI=1S/C13H20F3NO3Si/c1-18-21(19-2,20-3)9-5-8-17-12-7-4-6-11(10-12)13(14,15)16/h4,6-7,10,17H,5,8-9H2,1-3H3. The van der Waals surface area contributed by atoms with Crippen molar-refractivity contribution in [3.63, 3.8) is 0 Å². The second-order valence-corrected chi connectivity index (χ2v) is 7.50. The Kier molecular flexibility index (Phi) is 6.66. The number of hydrogen-bond donors (Lipinski definition) is 1. The van der Waals surface area contributed by atoms with Gasteiger partial charge in [0.15, 0.2) is 0 Å². The van der Waals surface area contributed by atoms with Gasteiger partial charge in [-0.3, -0.25) is 0 Å². The van der Waals surface area contributed by atoms with Gasteiger partial charge in [-0.1, -0.05) is 6.07 Å². The van der Waals surface area contributed by atoms with Crippen molar-refractivity contribution in [3.8, 4) is 0 Å². The summed E-state index contributed by atoms with van der Waals surface area (Å²) < 4.78 is 53.5. The van der Waals surface area contributed by atoms with Crippen molar-refractivity contribution in [1.29, 1.82) is 0 Å². The number of anilines is 1. The first kappa shape index (κ1) is 18.0. The molecule has 0 aliphatic heterocycles. The maximum atomic E-state index is 12.6. The van der Waals surface area contributed by atoms with Gasteiger partial charge in [-0.2, -0.15) is 13.2 Å². The fourth-order valence-electron chi connectivity index (χ4n) is 1.90. The number of hydrogen-bond acceptors (Lipinski definition) is 4. The van der Waals surface area contributed by atoms with E-state index in [1.807, 2.05) is 0 Å². The molecule has 1 aromatic carbocycles. The van der Waals surface area contributed by atoms with Gasteiger partial charge in [0, 0.05) is 39.6 Å². The second kappa shape index (κ2) is 7.78. The smallest absolute Gasteiger partial charge is 0.385 e. The maximum absolute atomic E-state index is 12.6. The van der Waals surface area contributed by atoms with Gasteiger partial charge in [-0.05, 0) is 24.6 Å². The first-order chi connectivity index (χ1) is 9.87. The lowest BCUT2D eigenvalue weighted by atomic mass is 10.2. The van der Waals surface area contributed by atoms with Gasteiger partial charge in [0.25, 0.3) is 0 Å². The predicted octanol–water partition coefficient (Wildman–Crippen LogP) is 3.39. The molecule has 0 fully saturated rings. The van der Waals surface area contributed by atoms with Crippen molar-refractivity contribution in [1.82, 2.24) is 0 Å². The normalized spacial score (nSPS) is 12.5. The molecule has 1 rings (SSSR count). The monoisotopic (exact) mass is 323 g/mol. The van der Waals surface area contributed by atoms with E-state index in [0.29, 0.717) is 24.7 Å². The van der Waals surface area contributed by atoms with Crippen LogP contribution < -0.4 is 5.32 Å². The minimum Gasteiger partial charge on any atom is -0.385 e. The van der Waals surface area contributed by atoms with Crippen LogP contribution in [-0.2, 0) is 19.5 Å². The molecule has 0 heterocycles. The lowest BCUT2D eigenvalue weighted by molar-refractivity contribution is -0.137. The van der Waals surface area contributed by atoms with Crippen molar-refractivity contribution in [2.75, 3.05) is 33.2 Å². The van der Waals surface area contributed by atoms with E-state index in [2.05, 4.69) is 5.32 Å². The molecule has 0 saturated heterocycles. The number of benzene rings is 1. The van der Waals surface area contributed by atoms with Crippen LogP contribution >= 0.6 is 0 Å². The second-order valence-electron chi connectivity index (χ2n) is 4.40. The van der Waals surface area contributed by atoms with Crippen LogP contribution in [0.15, 0.2) is 24.3 Å². The van der Waals surface area contributed by atoms with E-state index in [4.69, 9.17) is 13.3 Å². The Hall–Kier alpha value is -1.09. The molecule has 120 valence electrons. The van der Waals surface area contributed by atoms with Gasteiger partial charge in [0.1, 0.15) is 0 Å². The molecule has 0 unspecified atom stereocenters. The van der Waals surface area contributed by atoms with E-state index in [1.165, 1.54) is 27.4 Å². The molecular formula is C13H20F3NO3Si. The molecule has 4 nitrogen and oxygen atoms in total. The zero-order valence-corrected chi connectivity index (χ0v) is 13.3. The van der Waals surface area contributed by atoms with Crippen LogP contribution in [0.3, 0.4) is 0 Å². The molecule has 0 atom stereocenters. The Balaban J connectivity index is 2.50. The fourth-order valence-corrected chi connectivity index (χ4v) is 3.62. The molecule has 1 N–H and O–H groups in total. The van der Waals surface area contributed by atoms with E-state index < -0.39 is 20.5 Å². The molecule has 0 bridgehead atoms. The predicted molar refractivity (Wildman–Crippen MR) is 76.1 cm³/mol. The Morgan fingerprint density at radius 1 is 1.10 bits per heavy atom. The third-order valence-corrected chi connectivity index (χ3v) is 5.94. The molecule has 1 aromatic rings. The quantitative estimate of drug-likeness (QED) is 0.588. The fraction of sp³-hybridized carbons (Fsp3) is 0.538. The minimum atomic E-state index is -4.33. The molecule has 0 spiro atoms. The van der Waals surface area contributed by atoms with Crippen molar-refractivity contribution >= 4 is 14.5 Å². The summed E-state index contributed by atoms with van der Waals surface area (Å²) in [5.41, 5.74) is -0.230. The average molecular weight is 323 g/mol. The van der Waals surface area contributed by atoms with E-state index in [0.717, 1.165) is 12.1 Å². The van der Waals surface area contributed by atoms with Crippen LogP contribution in [0.4, 0.5) is 18.9 Å². The summed E-state index contributed by atoms with van der Waals surface area (Å²) in [6.45, 7) is 0.506. The molecule has 0 radical (unpaired) electrons. The molecule has 21 heavy (non-hydrogen) atoms. The van der Waals surface area contributed by atoms with Crippen LogP contribution in [0.5, 0.6) is 0 Å². The zero-order valence-electron chi connectivity index (χ0n) is 12.3. The number of rotatable bonds is 8. The summed E-state index contributed by atoms with van der Waals surface area (Å²) in [5.74, 6) is 0. The van der Waals surface area contributed by atoms with Gasteiger partial charge in [-0.15, -0.1) is 0 Å². The topological polar surface area (TPSA) is 39.7 Å². The summed E-state index contributed by atoms with van der Waals surface area (Å²) in [6.07, 6.45) is -3.67. The molecule has 0 aliphatic rings.